The molecule has 0 radical (unpaired) electrons. The minimum Gasteiger partial charge on any atom is -0.497 e. The molecule has 1 aromatic carbocycles. The second kappa shape index (κ2) is 10.1. The lowest BCUT2D eigenvalue weighted by atomic mass is 10.1. The minimum absolute atomic E-state index is 0.0207. The Hall–Kier alpha value is -3.40. The molecule has 2 amide bonds. The van der Waals surface area contributed by atoms with Gasteiger partial charge in [0.1, 0.15) is 23.7 Å². The van der Waals surface area contributed by atoms with Crippen molar-refractivity contribution in [3.8, 4) is 5.75 Å². The van der Waals surface area contributed by atoms with Crippen LogP contribution in [-0.4, -0.2) is 105 Å². The first-order chi connectivity index (χ1) is 17.0. The van der Waals surface area contributed by atoms with Crippen LogP contribution in [0.1, 0.15) is 6.42 Å². The summed E-state index contributed by atoms with van der Waals surface area (Å²) < 4.78 is 5.28. The predicted molar refractivity (Wildman–Crippen MR) is 134 cm³/mol. The Bertz CT molecular complexity index is 1060. The highest BCUT2D eigenvalue weighted by Crippen LogP contribution is 2.29. The number of carbonyl (C=O) groups excluding carboxylic acids is 2. The third-order valence-corrected chi connectivity index (χ3v) is 7.22. The molecular weight excluding hydrogens is 446 g/mol. The summed E-state index contributed by atoms with van der Waals surface area (Å²) in [5.41, 5.74) is 0.773. The van der Waals surface area contributed by atoms with Crippen LogP contribution in [0.3, 0.4) is 0 Å². The second-order valence-corrected chi connectivity index (χ2v) is 9.44. The Morgan fingerprint density at radius 3 is 2.26 bits per heavy atom. The third kappa shape index (κ3) is 5.02. The van der Waals surface area contributed by atoms with E-state index in [-0.39, 0.29) is 24.2 Å². The number of hydrogen-bond acceptors (Lipinski definition) is 8. The number of aromatic nitrogens is 2. The highest BCUT2D eigenvalue weighted by molar-refractivity contribution is 6.00. The largest absolute Gasteiger partial charge is 0.497 e. The van der Waals surface area contributed by atoms with E-state index >= 15 is 0 Å². The van der Waals surface area contributed by atoms with Crippen LogP contribution in [0, 0.1) is 5.92 Å². The summed E-state index contributed by atoms with van der Waals surface area (Å²) in [6, 6.07) is 9.48. The minimum atomic E-state index is -0.317. The Labute approximate surface area is 206 Å². The highest BCUT2D eigenvalue weighted by atomic mass is 16.5. The number of piperazine rings is 2. The molecule has 3 aliphatic heterocycles. The van der Waals surface area contributed by atoms with Gasteiger partial charge in [-0.1, -0.05) is 6.07 Å². The van der Waals surface area contributed by atoms with Crippen molar-refractivity contribution in [3.63, 3.8) is 0 Å². The first-order valence-electron chi connectivity index (χ1n) is 12.3. The van der Waals surface area contributed by atoms with Gasteiger partial charge in [-0.05, 0) is 19.2 Å². The molecule has 186 valence electrons. The summed E-state index contributed by atoms with van der Waals surface area (Å²) in [5.74, 6) is 2.28. The van der Waals surface area contributed by atoms with Gasteiger partial charge in [0.15, 0.2) is 0 Å². The fraction of sp³-hybridized carbons (Fsp3) is 0.520. The molecule has 0 bridgehead atoms. The van der Waals surface area contributed by atoms with Crippen LogP contribution in [0.15, 0.2) is 36.7 Å². The van der Waals surface area contributed by atoms with Gasteiger partial charge in [-0.2, -0.15) is 0 Å². The Morgan fingerprint density at radius 2 is 1.60 bits per heavy atom. The van der Waals surface area contributed by atoms with Gasteiger partial charge in [0.25, 0.3) is 0 Å². The number of nitrogens with zero attached hydrogens (tertiary/aromatic N) is 7. The maximum absolute atomic E-state index is 13.2. The smallest absolute Gasteiger partial charge is 0.228 e. The van der Waals surface area contributed by atoms with E-state index in [9.17, 15) is 9.59 Å². The van der Waals surface area contributed by atoms with Gasteiger partial charge in [-0.25, -0.2) is 9.97 Å². The van der Waals surface area contributed by atoms with E-state index in [2.05, 4.69) is 37.8 Å². The average molecular weight is 480 g/mol. The van der Waals surface area contributed by atoms with Crippen molar-refractivity contribution < 1.29 is 14.3 Å². The van der Waals surface area contributed by atoms with Gasteiger partial charge in [0, 0.05) is 83.1 Å². The van der Waals surface area contributed by atoms with Crippen molar-refractivity contribution in [1.29, 1.82) is 0 Å². The van der Waals surface area contributed by atoms with Crippen molar-refractivity contribution in [2.45, 2.75) is 6.42 Å². The van der Waals surface area contributed by atoms with Gasteiger partial charge in [-0.3, -0.25) is 9.59 Å². The van der Waals surface area contributed by atoms with Gasteiger partial charge >= 0.3 is 0 Å². The zero-order valence-corrected chi connectivity index (χ0v) is 20.5. The first-order valence-corrected chi connectivity index (χ1v) is 12.3. The lowest BCUT2D eigenvalue weighted by Crippen LogP contribution is -2.51. The van der Waals surface area contributed by atoms with E-state index in [1.165, 1.54) is 0 Å². The zero-order valence-electron chi connectivity index (χ0n) is 20.5. The molecule has 3 saturated heterocycles. The van der Waals surface area contributed by atoms with Crippen molar-refractivity contribution in [2.75, 3.05) is 87.8 Å². The van der Waals surface area contributed by atoms with E-state index in [1.54, 1.807) is 18.3 Å². The van der Waals surface area contributed by atoms with Gasteiger partial charge in [-0.15, -0.1) is 0 Å². The fourth-order valence-corrected chi connectivity index (χ4v) is 5.03. The molecule has 35 heavy (non-hydrogen) atoms. The third-order valence-electron chi connectivity index (χ3n) is 7.22. The molecule has 3 aliphatic rings. The van der Waals surface area contributed by atoms with Crippen LogP contribution in [0.2, 0.25) is 0 Å². The number of anilines is 3. The fourth-order valence-electron chi connectivity index (χ4n) is 5.03. The second-order valence-electron chi connectivity index (χ2n) is 9.44. The molecule has 2 aromatic rings. The van der Waals surface area contributed by atoms with Crippen molar-refractivity contribution in [2.24, 2.45) is 5.92 Å². The molecule has 0 aliphatic carbocycles. The molecule has 10 heteroatoms. The summed E-state index contributed by atoms with van der Waals surface area (Å²) in [6.45, 7) is 7.05. The maximum Gasteiger partial charge on any atom is 0.228 e. The predicted octanol–water partition coefficient (Wildman–Crippen LogP) is 0.939. The monoisotopic (exact) mass is 479 g/mol. The molecule has 0 saturated carbocycles. The summed E-state index contributed by atoms with van der Waals surface area (Å²) >= 11 is 0. The summed E-state index contributed by atoms with van der Waals surface area (Å²) in [4.78, 5) is 45.3. The standard InChI is InChI=1S/C25H33N7O3/c1-28-6-8-29(9-7-28)22-16-23(27-18-26-22)30-10-12-31(13-11-30)25(34)19-14-24(33)32(17-19)20-4-3-5-21(15-20)35-2/h3-5,15-16,18-19H,6-14,17H2,1-2H3. The Kier molecular flexibility index (Phi) is 6.72. The molecule has 0 spiro atoms. The van der Waals surface area contributed by atoms with Crippen LogP contribution in [0.4, 0.5) is 17.3 Å². The van der Waals surface area contributed by atoms with Gasteiger partial charge in [0.05, 0.1) is 13.0 Å². The summed E-state index contributed by atoms with van der Waals surface area (Å²) in [7, 11) is 3.74. The molecule has 5 rings (SSSR count). The van der Waals surface area contributed by atoms with Crippen LogP contribution in [0.25, 0.3) is 0 Å². The van der Waals surface area contributed by atoms with Gasteiger partial charge < -0.3 is 29.2 Å². The molecule has 1 aromatic heterocycles. The number of rotatable bonds is 5. The average Bonchev–Trinajstić information content (AvgIpc) is 3.30. The molecule has 4 heterocycles. The van der Waals surface area contributed by atoms with E-state index in [0.717, 1.165) is 43.5 Å². The number of hydrogen-bond donors (Lipinski definition) is 0. The maximum atomic E-state index is 13.2. The van der Waals surface area contributed by atoms with E-state index < -0.39 is 0 Å². The van der Waals surface area contributed by atoms with Gasteiger partial charge in [0.2, 0.25) is 11.8 Å². The molecule has 1 atom stereocenters. The SMILES string of the molecule is COc1cccc(N2CC(C(=O)N3CCN(c4cc(N5CCN(C)CC5)ncn4)CC3)CC2=O)c1. The first kappa shape index (κ1) is 23.3. The van der Waals surface area contributed by atoms with Crippen LogP contribution < -0.4 is 19.4 Å². The molecule has 0 N–H and O–H groups in total. The van der Waals surface area contributed by atoms with Crippen molar-refractivity contribution >= 4 is 29.1 Å². The van der Waals surface area contributed by atoms with Crippen molar-refractivity contribution in [1.82, 2.24) is 19.8 Å². The molecule has 1 unspecified atom stereocenters. The lowest BCUT2D eigenvalue weighted by molar-refractivity contribution is -0.136. The Balaban J connectivity index is 1.17. The normalized spacial score (nSPS) is 21.5. The Morgan fingerprint density at radius 1 is 0.943 bits per heavy atom. The van der Waals surface area contributed by atoms with Crippen LogP contribution in [0.5, 0.6) is 5.75 Å². The van der Waals surface area contributed by atoms with Crippen molar-refractivity contribution in [3.05, 3.63) is 36.7 Å². The summed E-state index contributed by atoms with van der Waals surface area (Å²) in [6.07, 6.45) is 1.88. The molecular formula is C25H33N7O3. The zero-order chi connectivity index (χ0) is 24.4. The number of methoxy groups -OCH3 is 1. The molecule has 3 fully saturated rings. The quantitative estimate of drug-likeness (QED) is 0.627. The number of ether oxygens (including phenoxy) is 1. The van der Waals surface area contributed by atoms with E-state index in [1.807, 2.05) is 29.2 Å². The molecule has 10 nitrogen and oxygen atoms in total. The summed E-state index contributed by atoms with van der Waals surface area (Å²) in [5, 5.41) is 0. The number of amides is 2. The topological polar surface area (TPSA) is 85.3 Å². The van der Waals surface area contributed by atoms with E-state index in [0.29, 0.717) is 38.5 Å². The number of benzene rings is 1. The van der Waals surface area contributed by atoms with Crippen LogP contribution in [-0.2, 0) is 9.59 Å². The van der Waals surface area contributed by atoms with Crippen LogP contribution >= 0.6 is 0 Å². The highest BCUT2D eigenvalue weighted by Gasteiger charge is 2.38. The number of carbonyl (C=O) groups is 2. The lowest BCUT2D eigenvalue weighted by Gasteiger charge is -2.37. The number of likely N-dealkylation sites (N-methyl/N-ethyl adjacent to an activating group) is 1. The van der Waals surface area contributed by atoms with E-state index in [4.69, 9.17) is 4.74 Å².